The number of benzene rings is 1. The van der Waals surface area contributed by atoms with Crippen molar-refractivity contribution in [3.05, 3.63) is 48.2 Å². The van der Waals surface area contributed by atoms with Crippen LogP contribution in [0.4, 0.5) is 11.4 Å². The molecule has 1 N–H and O–H groups in total. The first-order valence-corrected chi connectivity index (χ1v) is 9.06. The van der Waals surface area contributed by atoms with Gasteiger partial charge < -0.3 is 15.0 Å². The topological polar surface area (TPSA) is 54.5 Å². The molecule has 1 atom stereocenters. The van der Waals surface area contributed by atoms with E-state index < -0.39 is 0 Å². The lowest BCUT2D eigenvalue weighted by Gasteiger charge is -2.13. The van der Waals surface area contributed by atoms with Crippen LogP contribution in [0.25, 0.3) is 0 Å². The van der Waals surface area contributed by atoms with Gasteiger partial charge in [-0.15, -0.1) is 0 Å². The van der Waals surface area contributed by atoms with E-state index in [2.05, 4.69) is 10.3 Å². The zero-order chi connectivity index (χ0) is 16.9. The molecule has 1 amide bonds. The maximum Gasteiger partial charge on any atom is 0.257 e. The Labute approximate surface area is 146 Å². The first-order chi connectivity index (χ1) is 11.6. The number of rotatable bonds is 5. The van der Waals surface area contributed by atoms with Gasteiger partial charge in [0.25, 0.3) is 5.91 Å². The second-order valence-corrected chi connectivity index (χ2v) is 7.03. The summed E-state index contributed by atoms with van der Waals surface area (Å²) in [5, 5.41) is 2.88. The quantitative estimate of drug-likeness (QED) is 0.903. The monoisotopic (exact) mass is 343 g/mol. The standard InChI is InChI=1S/C18H21N3O2S/c1-21(2)15-6-4-14(5-7-15)20-18(22)13-3-8-17(19-11-13)23-16-9-10-24-12-16/h3-8,11,16H,9-10,12H2,1-2H3,(H,20,22)/t16-/m0/s1. The summed E-state index contributed by atoms with van der Waals surface area (Å²) < 4.78 is 5.80. The molecule has 24 heavy (non-hydrogen) atoms. The van der Waals surface area contributed by atoms with Crippen LogP contribution in [0.3, 0.4) is 0 Å². The zero-order valence-electron chi connectivity index (χ0n) is 13.9. The number of nitrogens with zero attached hydrogens (tertiary/aromatic N) is 2. The van der Waals surface area contributed by atoms with Crippen LogP contribution < -0.4 is 15.0 Å². The third-order valence-electron chi connectivity index (χ3n) is 3.82. The average Bonchev–Trinajstić information content (AvgIpc) is 3.09. The Morgan fingerprint density at radius 2 is 2.04 bits per heavy atom. The van der Waals surface area contributed by atoms with Gasteiger partial charge in [-0.25, -0.2) is 4.98 Å². The predicted octanol–water partition coefficient (Wildman–Crippen LogP) is 3.28. The lowest BCUT2D eigenvalue weighted by molar-refractivity contribution is 0.102. The molecule has 3 rings (SSSR count). The normalized spacial score (nSPS) is 16.7. The molecule has 0 saturated carbocycles. The minimum absolute atomic E-state index is 0.178. The molecule has 126 valence electrons. The van der Waals surface area contributed by atoms with Gasteiger partial charge in [0.1, 0.15) is 6.10 Å². The predicted molar refractivity (Wildman–Crippen MR) is 99.3 cm³/mol. The van der Waals surface area contributed by atoms with Gasteiger partial charge >= 0.3 is 0 Å². The molecule has 1 fully saturated rings. The van der Waals surface area contributed by atoms with Gasteiger partial charge in [0, 0.05) is 43.5 Å². The van der Waals surface area contributed by atoms with E-state index in [1.807, 2.05) is 55.0 Å². The fourth-order valence-electron chi connectivity index (χ4n) is 2.41. The van der Waals surface area contributed by atoms with Crippen molar-refractivity contribution >= 4 is 29.0 Å². The van der Waals surface area contributed by atoms with Crippen LogP contribution in [0.2, 0.25) is 0 Å². The molecular weight excluding hydrogens is 322 g/mol. The maximum atomic E-state index is 12.3. The van der Waals surface area contributed by atoms with E-state index in [-0.39, 0.29) is 12.0 Å². The van der Waals surface area contributed by atoms with E-state index in [9.17, 15) is 4.79 Å². The first kappa shape index (κ1) is 16.6. The molecule has 0 radical (unpaired) electrons. The number of aromatic nitrogens is 1. The molecule has 2 heterocycles. The molecule has 1 aromatic carbocycles. The van der Waals surface area contributed by atoms with E-state index in [1.165, 1.54) is 0 Å². The Balaban J connectivity index is 1.60. The molecule has 0 unspecified atom stereocenters. The van der Waals surface area contributed by atoms with Crippen molar-refractivity contribution < 1.29 is 9.53 Å². The first-order valence-electron chi connectivity index (χ1n) is 7.91. The average molecular weight is 343 g/mol. The number of carbonyl (C=O) groups excluding carboxylic acids is 1. The van der Waals surface area contributed by atoms with E-state index in [4.69, 9.17) is 4.74 Å². The van der Waals surface area contributed by atoms with E-state index >= 15 is 0 Å². The molecule has 1 aromatic heterocycles. The molecule has 1 saturated heterocycles. The molecule has 0 spiro atoms. The minimum atomic E-state index is -0.178. The maximum absolute atomic E-state index is 12.3. The van der Waals surface area contributed by atoms with Crippen molar-refractivity contribution in [1.82, 2.24) is 4.98 Å². The third kappa shape index (κ3) is 4.20. The van der Waals surface area contributed by atoms with Crippen LogP contribution in [0.5, 0.6) is 5.88 Å². The van der Waals surface area contributed by atoms with Gasteiger partial charge in [0.05, 0.1) is 5.56 Å². The van der Waals surface area contributed by atoms with Gasteiger partial charge in [0.2, 0.25) is 5.88 Å². The number of nitrogens with one attached hydrogen (secondary N) is 1. The highest BCUT2D eigenvalue weighted by Crippen LogP contribution is 2.22. The van der Waals surface area contributed by atoms with Crippen LogP contribution in [-0.2, 0) is 0 Å². The Morgan fingerprint density at radius 3 is 2.62 bits per heavy atom. The van der Waals surface area contributed by atoms with Crippen molar-refractivity contribution in [2.75, 3.05) is 35.8 Å². The summed E-state index contributed by atoms with van der Waals surface area (Å²) in [6.45, 7) is 0. The summed E-state index contributed by atoms with van der Waals surface area (Å²) in [6, 6.07) is 11.2. The summed E-state index contributed by atoms with van der Waals surface area (Å²) in [5.41, 5.74) is 2.36. The van der Waals surface area contributed by atoms with Crippen LogP contribution in [0.1, 0.15) is 16.8 Å². The van der Waals surface area contributed by atoms with Crippen molar-refractivity contribution in [1.29, 1.82) is 0 Å². The number of anilines is 2. The van der Waals surface area contributed by atoms with Gasteiger partial charge in [-0.2, -0.15) is 11.8 Å². The number of amides is 1. The SMILES string of the molecule is CN(C)c1ccc(NC(=O)c2ccc(O[C@H]3CCSC3)nc2)cc1. The summed E-state index contributed by atoms with van der Waals surface area (Å²) in [6.07, 6.45) is 2.84. The summed E-state index contributed by atoms with van der Waals surface area (Å²) in [7, 11) is 3.96. The second kappa shape index (κ2) is 7.57. The van der Waals surface area contributed by atoms with E-state index in [1.54, 1.807) is 18.3 Å². The van der Waals surface area contributed by atoms with Gasteiger partial charge in [-0.05, 0) is 42.5 Å². The van der Waals surface area contributed by atoms with Crippen LogP contribution in [0, 0.1) is 0 Å². The highest BCUT2D eigenvalue weighted by molar-refractivity contribution is 7.99. The molecule has 0 bridgehead atoms. The van der Waals surface area contributed by atoms with Crippen LogP contribution >= 0.6 is 11.8 Å². The Morgan fingerprint density at radius 1 is 1.25 bits per heavy atom. The molecular formula is C18H21N3O2S. The van der Waals surface area contributed by atoms with Crippen LogP contribution in [0.15, 0.2) is 42.6 Å². The number of pyridine rings is 1. The molecule has 0 aliphatic carbocycles. The number of carbonyl (C=O) groups is 1. The number of hydrogen-bond acceptors (Lipinski definition) is 5. The van der Waals surface area contributed by atoms with E-state index in [0.717, 1.165) is 29.3 Å². The highest BCUT2D eigenvalue weighted by atomic mass is 32.2. The highest BCUT2D eigenvalue weighted by Gasteiger charge is 2.17. The Bertz CT molecular complexity index is 680. The number of thioether (sulfide) groups is 1. The summed E-state index contributed by atoms with van der Waals surface area (Å²) >= 11 is 1.89. The minimum Gasteiger partial charge on any atom is -0.473 e. The third-order valence-corrected chi connectivity index (χ3v) is 4.95. The molecule has 5 nitrogen and oxygen atoms in total. The second-order valence-electron chi connectivity index (χ2n) is 5.88. The number of ether oxygens (including phenoxy) is 1. The Kier molecular flexibility index (Phi) is 5.25. The fraction of sp³-hybridized carbons (Fsp3) is 0.333. The summed E-state index contributed by atoms with van der Waals surface area (Å²) in [5.74, 6) is 2.54. The van der Waals surface area contributed by atoms with Crippen molar-refractivity contribution in [3.8, 4) is 5.88 Å². The molecule has 6 heteroatoms. The lowest BCUT2D eigenvalue weighted by Crippen LogP contribution is -2.16. The number of hydrogen-bond donors (Lipinski definition) is 1. The fourth-order valence-corrected chi connectivity index (χ4v) is 3.50. The Hall–Kier alpha value is -2.21. The van der Waals surface area contributed by atoms with Gasteiger partial charge in [-0.3, -0.25) is 4.79 Å². The molecule has 1 aliphatic rings. The van der Waals surface area contributed by atoms with Crippen LogP contribution in [-0.4, -0.2) is 42.6 Å². The van der Waals surface area contributed by atoms with Crippen molar-refractivity contribution in [3.63, 3.8) is 0 Å². The van der Waals surface area contributed by atoms with Crippen molar-refractivity contribution in [2.24, 2.45) is 0 Å². The van der Waals surface area contributed by atoms with E-state index in [0.29, 0.717) is 11.4 Å². The van der Waals surface area contributed by atoms with Gasteiger partial charge in [0.15, 0.2) is 0 Å². The molecule has 1 aliphatic heterocycles. The lowest BCUT2D eigenvalue weighted by atomic mass is 10.2. The summed E-state index contributed by atoms with van der Waals surface area (Å²) in [4.78, 5) is 18.5. The molecule has 2 aromatic rings. The largest absolute Gasteiger partial charge is 0.473 e. The zero-order valence-corrected chi connectivity index (χ0v) is 14.7. The van der Waals surface area contributed by atoms with Crippen molar-refractivity contribution in [2.45, 2.75) is 12.5 Å². The smallest absolute Gasteiger partial charge is 0.257 e. The van der Waals surface area contributed by atoms with Gasteiger partial charge in [-0.1, -0.05) is 0 Å².